The van der Waals surface area contributed by atoms with E-state index in [1.165, 1.54) is 0 Å². The van der Waals surface area contributed by atoms with Crippen molar-refractivity contribution in [3.05, 3.63) is 53.9 Å². The zero-order valence-corrected chi connectivity index (χ0v) is 15.4. The predicted molar refractivity (Wildman–Crippen MR) is 103 cm³/mol. The first kappa shape index (κ1) is 18.7. The fourth-order valence-electron chi connectivity index (χ4n) is 3.06. The molecule has 27 heavy (non-hydrogen) atoms. The van der Waals surface area contributed by atoms with E-state index in [4.69, 9.17) is 4.74 Å². The second-order valence-electron chi connectivity index (χ2n) is 6.39. The monoisotopic (exact) mass is 368 g/mol. The number of nitrogens with one attached hydrogen (secondary N) is 1. The molecule has 2 aromatic rings. The maximum Gasteiger partial charge on any atom is 0.269 e. The van der Waals surface area contributed by atoms with E-state index in [0.717, 1.165) is 42.9 Å². The van der Waals surface area contributed by atoms with Gasteiger partial charge in [0.05, 0.1) is 7.11 Å². The number of aromatic nitrogens is 1. The van der Waals surface area contributed by atoms with Crippen molar-refractivity contribution in [3.8, 4) is 5.75 Å². The standard InChI is InChI=1S/C20H24N4O3/c1-27-18-4-2-3-16(13-18)5-7-22-20(26)19-14-17(6-8-21-19)24-11-9-23(15-25)10-12-24/h2-4,6,8,13-15H,5,7,9-12H2,1H3,(H,22,26). The third-order valence-electron chi connectivity index (χ3n) is 4.64. The lowest BCUT2D eigenvalue weighted by Crippen LogP contribution is -2.45. The molecule has 1 aliphatic heterocycles. The molecule has 0 bridgehead atoms. The third-order valence-corrected chi connectivity index (χ3v) is 4.64. The molecule has 7 heteroatoms. The lowest BCUT2D eigenvalue weighted by molar-refractivity contribution is -0.118. The molecular weight excluding hydrogens is 344 g/mol. The van der Waals surface area contributed by atoms with Crippen molar-refractivity contribution in [2.75, 3.05) is 44.7 Å². The van der Waals surface area contributed by atoms with Crippen LogP contribution in [0.15, 0.2) is 42.6 Å². The highest BCUT2D eigenvalue weighted by molar-refractivity contribution is 5.93. The van der Waals surface area contributed by atoms with Crippen LogP contribution in [0.3, 0.4) is 0 Å². The summed E-state index contributed by atoms with van der Waals surface area (Å²) >= 11 is 0. The molecule has 0 spiro atoms. The Kier molecular flexibility index (Phi) is 6.25. The normalized spacial score (nSPS) is 14.0. The summed E-state index contributed by atoms with van der Waals surface area (Å²) in [7, 11) is 1.64. The summed E-state index contributed by atoms with van der Waals surface area (Å²) in [6, 6.07) is 11.5. The second-order valence-corrected chi connectivity index (χ2v) is 6.39. The summed E-state index contributed by atoms with van der Waals surface area (Å²) < 4.78 is 5.21. The highest BCUT2D eigenvalue weighted by atomic mass is 16.5. The molecule has 2 heterocycles. The topological polar surface area (TPSA) is 74.8 Å². The summed E-state index contributed by atoms with van der Waals surface area (Å²) in [5, 5.41) is 2.92. The van der Waals surface area contributed by atoms with Gasteiger partial charge in [0.1, 0.15) is 11.4 Å². The molecule has 0 aliphatic carbocycles. The number of anilines is 1. The summed E-state index contributed by atoms with van der Waals surface area (Å²) in [6.45, 7) is 3.40. The van der Waals surface area contributed by atoms with E-state index in [1.807, 2.05) is 30.3 Å². The SMILES string of the molecule is COc1cccc(CCNC(=O)c2cc(N3CCN(C=O)CC3)ccn2)c1. The van der Waals surface area contributed by atoms with Gasteiger partial charge < -0.3 is 19.9 Å². The number of nitrogens with zero attached hydrogens (tertiary/aromatic N) is 3. The zero-order valence-electron chi connectivity index (χ0n) is 15.4. The van der Waals surface area contributed by atoms with Gasteiger partial charge in [-0.25, -0.2) is 0 Å². The van der Waals surface area contributed by atoms with Gasteiger partial charge in [-0.2, -0.15) is 0 Å². The van der Waals surface area contributed by atoms with Crippen molar-refractivity contribution in [3.63, 3.8) is 0 Å². The lowest BCUT2D eigenvalue weighted by Gasteiger charge is -2.34. The third kappa shape index (κ3) is 4.97. The van der Waals surface area contributed by atoms with E-state index in [-0.39, 0.29) is 5.91 Å². The molecule has 1 fully saturated rings. The van der Waals surface area contributed by atoms with E-state index in [0.29, 0.717) is 25.3 Å². The van der Waals surface area contributed by atoms with Crippen LogP contribution in [-0.4, -0.2) is 62.0 Å². The van der Waals surface area contributed by atoms with Crippen LogP contribution in [0.4, 0.5) is 5.69 Å². The molecule has 1 N–H and O–H groups in total. The van der Waals surface area contributed by atoms with Gasteiger partial charge in [0, 0.05) is 44.6 Å². The van der Waals surface area contributed by atoms with Crippen LogP contribution >= 0.6 is 0 Å². The Hall–Kier alpha value is -3.09. The summed E-state index contributed by atoms with van der Waals surface area (Å²) in [4.78, 5) is 31.4. The van der Waals surface area contributed by atoms with Crippen molar-refractivity contribution < 1.29 is 14.3 Å². The van der Waals surface area contributed by atoms with Gasteiger partial charge in [-0.3, -0.25) is 14.6 Å². The molecule has 3 rings (SSSR count). The highest BCUT2D eigenvalue weighted by Crippen LogP contribution is 2.17. The number of carbonyl (C=O) groups excluding carboxylic acids is 2. The Morgan fingerprint density at radius 3 is 2.78 bits per heavy atom. The zero-order chi connectivity index (χ0) is 19.1. The first-order valence-electron chi connectivity index (χ1n) is 9.01. The smallest absolute Gasteiger partial charge is 0.269 e. The summed E-state index contributed by atoms with van der Waals surface area (Å²) in [6.07, 6.45) is 3.25. The van der Waals surface area contributed by atoms with Gasteiger partial charge in [-0.15, -0.1) is 0 Å². The Bertz CT molecular complexity index is 788. The Morgan fingerprint density at radius 1 is 1.22 bits per heavy atom. The van der Waals surface area contributed by atoms with Crippen LogP contribution < -0.4 is 15.0 Å². The van der Waals surface area contributed by atoms with Crippen LogP contribution in [0.2, 0.25) is 0 Å². The van der Waals surface area contributed by atoms with E-state index in [1.54, 1.807) is 24.3 Å². The van der Waals surface area contributed by atoms with E-state index in [2.05, 4.69) is 15.2 Å². The number of hydrogen-bond acceptors (Lipinski definition) is 5. The maximum atomic E-state index is 12.4. The van der Waals surface area contributed by atoms with Crippen LogP contribution in [0.25, 0.3) is 0 Å². The number of hydrogen-bond donors (Lipinski definition) is 1. The van der Waals surface area contributed by atoms with E-state index < -0.39 is 0 Å². The second kappa shape index (κ2) is 9.02. The molecule has 1 aliphatic rings. The van der Waals surface area contributed by atoms with Crippen molar-refractivity contribution in [2.45, 2.75) is 6.42 Å². The lowest BCUT2D eigenvalue weighted by atomic mass is 10.1. The number of carbonyl (C=O) groups is 2. The highest BCUT2D eigenvalue weighted by Gasteiger charge is 2.17. The minimum absolute atomic E-state index is 0.189. The molecule has 1 aromatic carbocycles. The number of pyridine rings is 1. The Balaban J connectivity index is 1.54. The van der Waals surface area contributed by atoms with Gasteiger partial charge in [0.2, 0.25) is 6.41 Å². The summed E-state index contributed by atoms with van der Waals surface area (Å²) in [5.74, 6) is 0.620. The average molecular weight is 368 g/mol. The molecule has 0 unspecified atom stereocenters. The van der Waals surface area contributed by atoms with Gasteiger partial charge >= 0.3 is 0 Å². The number of rotatable bonds is 7. The maximum absolute atomic E-state index is 12.4. The predicted octanol–water partition coefficient (Wildman–Crippen LogP) is 1.34. The van der Waals surface area contributed by atoms with Crippen LogP contribution in [0.1, 0.15) is 16.1 Å². The van der Waals surface area contributed by atoms with E-state index >= 15 is 0 Å². The van der Waals surface area contributed by atoms with Gasteiger partial charge in [-0.05, 0) is 36.2 Å². The minimum Gasteiger partial charge on any atom is -0.497 e. The molecule has 142 valence electrons. The number of ether oxygens (including phenoxy) is 1. The first-order chi connectivity index (χ1) is 13.2. The molecule has 2 amide bonds. The molecule has 1 aromatic heterocycles. The molecule has 0 atom stereocenters. The number of amides is 2. The fraction of sp³-hybridized carbons (Fsp3) is 0.350. The van der Waals surface area contributed by atoms with Gasteiger partial charge in [0.25, 0.3) is 5.91 Å². The van der Waals surface area contributed by atoms with Crippen LogP contribution in [0, 0.1) is 0 Å². The fourth-order valence-corrected chi connectivity index (χ4v) is 3.06. The van der Waals surface area contributed by atoms with Crippen LogP contribution in [0.5, 0.6) is 5.75 Å². The van der Waals surface area contributed by atoms with Crippen molar-refractivity contribution in [1.29, 1.82) is 0 Å². The van der Waals surface area contributed by atoms with Crippen LogP contribution in [-0.2, 0) is 11.2 Å². The molecule has 1 saturated heterocycles. The molecule has 0 saturated carbocycles. The van der Waals surface area contributed by atoms with Crippen molar-refractivity contribution in [1.82, 2.24) is 15.2 Å². The number of methoxy groups -OCH3 is 1. The quantitative estimate of drug-likeness (QED) is 0.747. The van der Waals surface area contributed by atoms with Gasteiger partial charge in [0.15, 0.2) is 0 Å². The molecule has 0 radical (unpaired) electrons. The van der Waals surface area contributed by atoms with Crippen molar-refractivity contribution in [2.24, 2.45) is 0 Å². The Labute approximate surface area is 158 Å². The van der Waals surface area contributed by atoms with Gasteiger partial charge in [-0.1, -0.05) is 12.1 Å². The Morgan fingerprint density at radius 2 is 2.04 bits per heavy atom. The average Bonchev–Trinajstić information content (AvgIpc) is 2.74. The first-order valence-corrected chi connectivity index (χ1v) is 9.01. The molecular formula is C20H24N4O3. The minimum atomic E-state index is -0.189. The number of benzene rings is 1. The summed E-state index contributed by atoms with van der Waals surface area (Å²) in [5.41, 5.74) is 2.45. The molecule has 7 nitrogen and oxygen atoms in total. The largest absolute Gasteiger partial charge is 0.497 e. The van der Waals surface area contributed by atoms with E-state index in [9.17, 15) is 9.59 Å². The number of piperazine rings is 1. The van der Waals surface area contributed by atoms with Crippen molar-refractivity contribution >= 4 is 18.0 Å².